The van der Waals surface area contributed by atoms with Gasteiger partial charge in [0.2, 0.25) is 10.0 Å². The Balaban J connectivity index is 1.80. The Morgan fingerprint density at radius 1 is 0.926 bits per heavy atom. The molecule has 0 aliphatic heterocycles. The van der Waals surface area contributed by atoms with Gasteiger partial charge in [0.15, 0.2) is 0 Å². The van der Waals surface area contributed by atoms with Crippen molar-refractivity contribution in [1.29, 1.82) is 0 Å². The predicted molar refractivity (Wildman–Crippen MR) is 102 cm³/mol. The van der Waals surface area contributed by atoms with Crippen LogP contribution in [0.15, 0.2) is 59.5 Å². The van der Waals surface area contributed by atoms with Crippen LogP contribution < -0.4 is 15.6 Å². The highest BCUT2D eigenvalue weighted by Gasteiger charge is 2.15. The van der Waals surface area contributed by atoms with Crippen LogP contribution in [0.2, 0.25) is 0 Å². The van der Waals surface area contributed by atoms with E-state index in [2.05, 4.69) is 22.5 Å². The molecular formula is C19H23N3O4S. The van der Waals surface area contributed by atoms with E-state index in [1.54, 1.807) is 30.3 Å². The van der Waals surface area contributed by atoms with Crippen LogP contribution in [0.5, 0.6) is 0 Å². The number of carbonyl (C=O) groups excluding carboxylic acids is 2. The van der Waals surface area contributed by atoms with Gasteiger partial charge in [-0.2, -0.15) is 0 Å². The zero-order chi connectivity index (χ0) is 19.7. The van der Waals surface area contributed by atoms with Crippen LogP contribution in [-0.4, -0.2) is 26.8 Å². The summed E-state index contributed by atoms with van der Waals surface area (Å²) in [7, 11) is -3.78. The molecule has 0 saturated heterocycles. The summed E-state index contributed by atoms with van der Waals surface area (Å²) in [6.45, 7) is 1.62. The molecule has 0 aliphatic carbocycles. The number of sulfonamides is 1. The largest absolute Gasteiger partial charge is 0.272 e. The maximum absolute atomic E-state index is 12.0. The van der Waals surface area contributed by atoms with Gasteiger partial charge < -0.3 is 0 Å². The summed E-state index contributed by atoms with van der Waals surface area (Å²) in [5, 5.41) is 0. The normalized spacial score (nSPS) is 11.0. The lowest BCUT2D eigenvalue weighted by Crippen LogP contribution is -2.46. The standard InChI is InChI=1S/C19H23N3O4S/c1-2-3-7-15-10-12-16(13-11-15)19(24)22-21-18(23)14-20-27(25,26)17-8-5-4-6-9-17/h4-6,8-13,20H,2-3,7,14H2,1H3,(H,21,23)(H,22,24). The number of carbonyl (C=O) groups is 2. The van der Waals surface area contributed by atoms with Crippen LogP contribution >= 0.6 is 0 Å². The molecule has 2 rings (SSSR count). The molecule has 2 amide bonds. The van der Waals surface area contributed by atoms with Gasteiger partial charge in [-0.05, 0) is 42.7 Å². The van der Waals surface area contributed by atoms with E-state index in [-0.39, 0.29) is 4.90 Å². The maximum Gasteiger partial charge on any atom is 0.269 e. The second-order valence-electron chi connectivity index (χ2n) is 5.94. The number of aryl methyl sites for hydroxylation is 1. The van der Waals surface area contributed by atoms with Crippen molar-refractivity contribution in [3.8, 4) is 0 Å². The van der Waals surface area contributed by atoms with E-state index in [1.165, 1.54) is 12.1 Å². The number of benzene rings is 2. The number of nitrogens with one attached hydrogen (secondary N) is 3. The molecule has 0 atom stereocenters. The maximum atomic E-state index is 12.0. The molecule has 0 spiro atoms. The molecule has 144 valence electrons. The second-order valence-corrected chi connectivity index (χ2v) is 7.71. The third-order valence-electron chi connectivity index (χ3n) is 3.83. The summed E-state index contributed by atoms with van der Waals surface area (Å²) in [6.07, 6.45) is 3.14. The van der Waals surface area contributed by atoms with Crippen molar-refractivity contribution < 1.29 is 18.0 Å². The Morgan fingerprint density at radius 2 is 1.59 bits per heavy atom. The number of amides is 2. The number of unbranched alkanes of at least 4 members (excludes halogenated alkanes) is 1. The van der Waals surface area contributed by atoms with E-state index in [9.17, 15) is 18.0 Å². The first-order chi connectivity index (χ1) is 12.9. The Morgan fingerprint density at radius 3 is 2.22 bits per heavy atom. The summed E-state index contributed by atoms with van der Waals surface area (Å²) in [5.41, 5.74) is 6.00. The average molecular weight is 389 g/mol. The molecule has 0 radical (unpaired) electrons. The quantitative estimate of drug-likeness (QED) is 0.599. The number of hydrogen-bond donors (Lipinski definition) is 3. The van der Waals surface area contributed by atoms with Crippen LogP contribution in [0.4, 0.5) is 0 Å². The molecule has 0 aliphatic rings. The first kappa shape index (κ1) is 20.6. The van der Waals surface area contributed by atoms with Crippen LogP contribution in [0.1, 0.15) is 35.7 Å². The van der Waals surface area contributed by atoms with Gasteiger partial charge in [-0.3, -0.25) is 20.4 Å². The van der Waals surface area contributed by atoms with Crippen molar-refractivity contribution in [3.63, 3.8) is 0 Å². The molecule has 2 aromatic rings. The highest BCUT2D eigenvalue weighted by atomic mass is 32.2. The van der Waals surface area contributed by atoms with E-state index < -0.39 is 28.4 Å². The summed E-state index contributed by atoms with van der Waals surface area (Å²) in [6, 6.07) is 14.8. The Kier molecular flexibility index (Phi) is 7.51. The van der Waals surface area contributed by atoms with Crippen LogP contribution in [0.25, 0.3) is 0 Å². The number of rotatable bonds is 8. The number of hydrazine groups is 1. The third kappa shape index (κ3) is 6.50. The SMILES string of the molecule is CCCCc1ccc(C(=O)NNC(=O)CNS(=O)(=O)c2ccccc2)cc1. The fraction of sp³-hybridized carbons (Fsp3) is 0.263. The average Bonchev–Trinajstić information content (AvgIpc) is 2.70. The molecule has 0 bridgehead atoms. The molecule has 27 heavy (non-hydrogen) atoms. The summed E-state index contributed by atoms with van der Waals surface area (Å²) >= 11 is 0. The molecule has 2 aromatic carbocycles. The van der Waals surface area contributed by atoms with Gasteiger partial charge in [-0.25, -0.2) is 13.1 Å². The van der Waals surface area contributed by atoms with E-state index in [0.717, 1.165) is 24.8 Å². The molecule has 0 heterocycles. The smallest absolute Gasteiger partial charge is 0.269 e. The topological polar surface area (TPSA) is 104 Å². The van der Waals surface area contributed by atoms with Gasteiger partial charge >= 0.3 is 0 Å². The van der Waals surface area contributed by atoms with Crippen LogP contribution in [0, 0.1) is 0 Å². The Labute approximate surface area is 159 Å². The first-order valence-electron chi connectivity index (χ1n) is 8.65. The zero-order valence-corrected chi connectivity index (χ0v) is 15.9. The molecule has 7 nitrogen and oxygen atoms in total. The second kappa shape index (κ2) is 9.84. The summed E-state index contributed by atoms with van der Waals surface area (Å²) < 4.78 is 26.2. The summed E-state index contributed by atoms with van der Waals surface area (Å²) in [5.74, 6) is -1.15. The fourth-order valence-corrected chi connectivity index (χ4v) is 3.29. The van der Waals surface area contributed by atoms with Crippen molar-refractivity contribution in [2.75, 3.05) is 6.54 Å². The van der Waals surface area contributed by atoms with E-state index >= 15 is 0 Å². The minimum atomic E-state index is -3.78. The number of hydrogen-bond acceptors (Lipinski definition) is 4. The summed E-state index contributed by atoms with van der Waals surface area (Å²) in [4.78, 5) is 23.9. The van der Waals surface area contributed by atoms with E-state index in [1.807, 2.05) is 12.1 Å². The van der Waals surface area contributed by atoms with E-state index in [4.69, 9.17) is 0 Å². The van der Waals surface area contributed by atoms with Gasteiger partial charge in [-0.15, -0.1) is 0 Å². The molecule has 3 N–H and O–H groups in total. The van der Waals surface area contributed by atoms with Gasteiger partial charge in [0.05, 0.1) is 11.4 Å². The van der Waals surface area contributed by atoms with Crippen molar-refractivity contribution in [1.82, 2.24) is 15.6 Å². The fourth-order valence-electron chi connectivity index (χ4n) is 2.29. The molecule has 0 aromatic heterocycles. The molecule has 0 unspecified atom stereocenters. The van der Waals surface area contributed by atoms with Crippen molar-refractivity contribution in [2.45, 2.75) is 31.1 Å². The highest BCUT2D eigenvalue weighted by Crippen LogP contribution is 2.08. The highest BCUT2D eigenvalue weighted by molar-refractivity contribution is 7.89. The zero-order valence-electron chi connectivity index (χ0n) is 15.1. The van der Waals surface area contributed by atoms with Crippen molar-refractivity contribution >= 4 is 21.8 Å². The van der Waals surface area contributed by atoms with Gasteiger partial charge in [0, 0.05) is 5.56 Å². The lowest BCUT2D eigenvalue weighted by Gasteiger charge is -2.09. The third-order valence-corrected chi connectivity index (χ3v) is 5.24. The lowest BCUT2D eigenvalue weighted by molar-refractivity contribution is -0.120. The first-order valence-corrected chi connectivity index (χ1v) is 10.1. The minimum absolute atomic E-state index is 0.0602. The predicted octanol–water partition coefficient (Wildman–Crippen LogP) is 1.77. The molecular weight excluding hydrogens is 366 g/mol. The van der Waals surface area contributed by atoms with Gasteiger partial charge in [-0.1, -0.05) is 43.7 Å². The van der Waals surface area contributed by atoms with Gasteiger partial charge in [0.1, 0.15) is 0 Å². The Hall–Kier alpha value is -2.71. The van der Waals surface area contributed by atoms with Gasteiger partial charge in [0.25, 0.3) is 11.8 Å². The van der Waals surface area contributed by atoms with Crippen molar-refractivity contribution in [3.05, 3.63) is 65.7 Å². The molecule has 0 saturated carbocycles. The van der Waals surface area contributed by atoms with Crippen LogP contribution in [0.3, 0.4) is 0 Å². The molecule has 0 fully saturated rings. The Bertz CT molecular complexity index is 866. The monoisotopic (exact) mass is 389 g/mol. The van der Waals surface area contributed by atoms with Crippen molar-refractivity contribution in [2.24, 2.45) is 0 Å². The molecule has 8 heteroatoms. The lowest BCUT2D eigenvalue weighted by atomic mass is 10.1. The van der Waals surface area contributed by atoms with Crippen LogP contribution in [-0.2, 0) is 21.2 Å². The minimum Gasteiger partial charge on any atom is -0.272 e. The van der Waals surface area contributed by atoms with E-state index in [0.29, 0.717) is 5.56 Å².